The molecule has 0 aromatic heterocycles. The van der Waals surface area contributed by atoms with Gasteiger partial charge in [0.1, 0.15) is 0 Å². The van der Waals surface area contributed by atoms with E-state index in [9.17, 15) is 0 Å². The monoisotopic (exact) mass is 2300 g/mol. The van der Waals surface area contributed by atoms with Crippen LogP contribution in [0.2, 0.25) is 0 Å². The number of nitrogens with one attached hydrogen (secondary N) is 2. The Morgan fingerprint density at radius 2 is 0.696 bits per heavy atom. The molecule has 0 fully saturated rings. The van der Waals surface area contributed by atoms with Gasteiger partial charge in [-0.05, 0) is 297 Å². The molecule has 14 nitrogen and oxygen atoms in total. The third-order valence-electron chi connectivity index (χ3n) is 29.4. The van der Waals surface area contributed by atoms with Gasteiger partial charge in [-0.15, -0.1) is 93.0 Å². The van der Waals surface area contributed by atoms with E-state index < -0.39 is 0 Å². The average molecular weight is 2300 g/mol. The Kier molecular flexibility index (Phi) is 29.6. The van der Waals surface area contributed by atoms with Crippen LogP contribution >= 0.6 is 0 Å². The molecule has 0 amide bonds. The van der Waals surface area contributed by atoms with Crippen molar-refractivity contribution in [1.82, 2.24) is 9.80 Å². The largest absolute Gasteiger partial charge is 4.00 e. The van der Waals surface area contributed by atoms with Crippen molar-refractivity contribution in [3.05, 3.63) is 440 Å². The average Bonchev–Trinajstić information content (AvgIpc) is 0.782. The predicted molar refractivity (Wildman–Crippen MR) is 625 cm³/mol. The molecule has 0 saturated carbocycles. The molecule has 18 heteroatoms. The van der Waals surface area contributed by atoms with Crippen LogP contribution in [-0.2, 0) is 42.1 Å². The molecule has 0 spiro atoms. The van der Waals surface area contributed by atoms with Gasteiger partial charge in [0.25, 0.3) is 0 Å². The Morgan fingerprint density at radius 3 is 1.05 bits per heavy atom. The first-order valence-electron chi connectivity index (χ1n) is 51.7. The number of hydrogen-bond donors (Lipinski definition) is 2. The summed E-state index contributed by atoms with van der Waals surface area (Å²) in [6.45, 7) is 44.7. The molecule has 744 valence electrons. The number of aryl methyl sites for hydroxylation is 3. The number of anilines is 19. The Labute approximate surface area is 908 Å². The third kappa shape index (κ3) is 19.3. The maximum Gasteiger partial charge on any atom is 4.00 e. The Bertz CT molecular complexity index is 7130. The van der Waals surface area contributed by atoms with E-state index in [1.807, 2.05) is 51.5 Å². The fraction of sp³-hybridized carbons (Fsp3) is 0.200. The summed E-state index contributed by atoms with van der Waals surface area (Å²) in [6, 6.07) is 122. The van der Waals surface area contributed by atoms with Crippen LogP contribution < -0.4 is 82.6 Å². The second-order valence-corrected chi connectivity index (χ2v) is 41.6. The third-order valence-corrected chi connectivity index (χ3v) is 29.4. The van der Waals surface area contributed by atoms with Crippen molar-refractivity contribution in [3.63, 3.8) is 0 Å². The second-order valence-electron chi connectivity index (χ2n) is 41.6. The van der Waals surface area contributed by atoms with Gasteiger partial charge in [-0.1, -0.05) is 287 Å². The Morgan fingerprint density at radius 1 is 0.351 bits per heavy atom. The van der Waals surface area contributed by atoms with Crippen molar-refractivity contribution in [2.75, 3.05) is 78.0 Å². The Balaban J connectivity index is 0.000000124. The van der Waals surface area contributed by atoms with E-state index in [4.69, 9.17) is 10.6 Å². The van der Waals surface area contributed by atoms with Gasteiger partial charge < -0.3 is 70.3 Å². The number of nitrogens with zero attached hydrogens (tertiary/aromatic N) is 12. The minimum absolute atomic E-state index is 0. The zero-order valence-electron chi connectivity index (χ0n) is 88.3. The smallest absolute Gasteiger partial charge is 0.659 e. The number of hydrogen-bond acceptors (Lipinski definition) is 12. The summed E-state index contributed by atoms with van der Waals surface area (Å²) in [5.41, 5.74) is 51.5. The second kappa shape index (κ2) is 42.9. The number of allylic oxidation sites excluding steroid dienone is 1. The van der Waals surface area contributed by atoms with Gasteiger partial charge in [-0.3, -0.25) is 0 Å². The molecule has 16 aromatic rings. The first-order chi connectivity index (χ1) is 70.7. The topological polar surface area (TPSA) is 84.7 Å². The zero-order valence-corrected chi connectivity index (χ0v) is 92.8. The number of rotatable bonds is 22. The van der Waals surface area contributed by atoms with Crippen molar-refractivity contribution in [2.45, 2.75) is 146 Å². The number of para-hydroxylation sites is 7. The van der Waals surface area contributed by atoms with Crippen LogP contribution in [0.3, 0.4) is 0 Å². The molecule has 8 heterocycles. The fourth-order valence-electron chi connectivity index (χ4n) is 22.5. The van der Waals surface area contributed by atoms with E-state index in [1.54, 1.807) is 0 Å². The SMILES string of the molecule is C/C=C\N(C)[CH-]Nc1[c-]c(N2C=CN(C)[CH-]2)cc(-c2c(C(C)C)cc(C(C)C)cc2C(C)C)c1.Cc1cc2c3c(c1)N(c1ccccc1)c1cccc4c1B3c1c(cccc1N2c1ccccc1)[N-]4.Cc1cc2c3c(c1)N(c1ccccc1)c1cccc4c1B3c1c(cccc1N2c1ccccc1)[N-]4.Cc1ccccc1N(C)[CH-]Nc1[c-]c(N2[CH-]N(C)c3ccccc32)cc(-c2c(C(C)C)cc(C(C)C)cc2C(C)C)c1.[Pt+4].[Pt+4]. The van der Waals surface area contributed by atoms with Crippen molar-refractivity contribution >= 4 is 177 Å². The molecule has 16 aromatic carbocycles. The van der Waals surface area contributed by atoms with Crippen LogP contribution in [0.25, 0.3) is 32.9 Å². The Hall–Kier alpha value is -14.3. The predicted octanol–water partition coefficient (Wildman–Crippen LogP) is 31.5. The maximum atomic E-state index is 5.19. The van der Waals surface area contributed by atoms with Crippen LogP contribution in [0.4, 0.5) is 131 Å². The van der Waals surface area contributed by atoms with Crippen LogP contribution in [0.1, 0.15) is 176 Å². The molecular formula is C130H128B2N14Pt2. The molecule has 8 aliphatic heterocycles. The summed E-state index contributed by atoms with van der Waals surface area (Å²) >= 11 is 0. The van der Waals surface area contributed by atoms with E-state index in [0.29, 0.717) is 35.5 Å². The molecule has 148 heavy (non-hydrogen) atoms. The molecule has 2 N–H and O–H groups in total. The van der Waals surface area contributed by atoms with Crippen molar-refractivity contribution in [1.29, 1.82) is 0 Å². The molecule has 24 rings (SSSR count). The van der Waals surface area contributed by atoms with Gasteiger partial charge in [0.15, 0.2) is 0 Å². The summed E-state index contributed by atoms with van der Waals surface area (Å²) in [5.74, 6) is 2.61. The summed E-state index contributed by atoms with van der Waals surface area (Å²) in [7, 11) is 8.24. The summed E-state index contributed by atoms with van der Waals surface area (Å²) in [6.07, 6.45) is 8.16. The standard InChI is InChI=1S/C38H45N4.2C31H21BN3.C30H41N4.2Pt/c1-25(2)29-20-33(26(3)4)38(34(21-29)27(5)6)30-18-31(39-23-40(8)35-15-11-10-14-28(35)7)22-32(19-30)42-24-41(9)36-16-12-13-17-37(36)42;2*1-20-18-27-31-28(19-20)35(22-12-6-3-7-13-22)26-17-9-15-24-30(26)32(31)29-23(33-24)14-8-16-25(29)34(27)21-10-4-2-5-11-21;1-10-11-32(8)19-31-26-14-25(15-27(18-26)34-13-12-33(9)20-34)30-28(22(4)5)16-24(21(2)3)17-29(30)23(6)7;;/h10-21,23-27,39H,1-9H3;2*2-19H,1H3;10-17,19-23,31H,1-9H3;;/q-3;2*-1;-3;2*+4/b;;;11-10-;;. The quantitative estimate of drug-likeness (QED) is 0.0501. The van der Waals surface area contributed by atoms with E-state index in [0.717, 1.165) is 51.2 Å². The first-order valence-corrected chi connectivity index (χ1v) is 51.7. The molecule has 0 aliphatic carbocycles. The fourth-order valence-corrected chi connectivity index (χ4v) is 22.5. The number of fused-ring (bicyclic) bond motifs is 1. The van der Waals surface area contributed by atoms with Gasteiger partial charge in [0.05, 0.1) is 0 Å². The van der Waals surface area contributed by atoms with Gasteiger partial charge in [0.2, 0.25) is 13.4 Å². The van der Waals surface area contributed by atoms with E-state index in [-0.39, 0.29) is 55.6 Å². The van der Waals surface area contributed by atoms with Crippen molar-refractivity contribution in [3.8, 4) is 22.3 Å². The zero-order chi connectivity index (χ0) is 101. The van der Waals surface area contributed by atoms with Gasteiger partial charge in [0, 0.05) is 85.3 Å². The molecule has 8 aliphatic rings. The molecule has 0 radical (unpaired) electrons. The maximum absolute atomic E-state index is 5.19. The minimum atomic E-state index is 0. The molecule has 0 atom stereocenters. The van der Waals surface area contributed by atoms with Gasteiger partial charge in [-0.25, -0.2) is 0 Å². The van der Waals surface area contributed by atoms with Gasteiger partial charge in [-0.2, -0.15) is 26.7 Å². The van der Waals surface area contributed by atoms with Gasteiger partial charge >= 0.3 is 42.1 Å². The van der Waals surface area contributed by atoms with E-state index in [2.05, 4.69) is 526 Å². The molecular weight excluding hydrogens is 2170 g/mol. The summed E-state index contributed by atoms with van der Waals surface area (Å²) in [4.78, 5) is 22.5. The van der Waals surface area contributed by atoms with Crippen molar-refractivity contribution < 1.29 is 42.1 Å². The number of benzene rings is 16. The minimum Gasteiger partial charge on any atom is -0.659 e. The van der Waals surface area contributed by atoms with Crippen LogP contribution in [-0.4, -0.2) is 51.4 Å². The van der Waals surface area contributed by atoms with E-state index in [1.165, 1.54) is 185 Å². The van der Waals surface area contributed by atoms with Crippen LogP contribution in [0.5, 0.6) is 0 Å². The molecule has 0 unspecified atom stereocenters. The van der Waals surface area contributed by atoms with Crippen LogP contribution in [0, 0.1) is 59.6 Å². The van der Waals surface area contributed by atoms with Crippen molar-refractivity contribution in [2.24, 2.45) is 0 Å². The summed E-state index contributed by atoms with van der Waals surface area (Å²) in [5, 5.41) is 17.4. The van der Waals surface area contributed by atoms with Crippen LogP contribution in [0.15, 0.2) is 340 Å². The molecule has 0 saturated heterocycles. The summed E-state index contributed by atoms with van der Waals surface area (Å²) < 4.78 is 0. The normalized spacial score (nSPS) is 13.4. The van der Waals surface area contributed by atoms with E-state index >= 15 is 0 Å². The first kappa shape index (κ1) is 102. The molecule has 0 bridgehead atoms.